The highest BCUT2D eigenvalue weighted by Crippen LogP contribution is 2.32. The summed E-state index contributed by atoms with van der Waals surface area (Å²) in [5.74, 6) is 1.68. The van der Waals surface area contributed by atoms with E-state index >= 15 is 0 Å². The van der Waals surface area contributed by atoms with Gasteiger partial charge in [-0.05, 0) is 31.5 Å². The lowest BCUT2D eigenvalue weighted by atomic mass is 10.1. The number of halogens is 2. The molecule has 2 heterocycles. The second-order valence-corrected chi connectivity index (χ2v) is 6.80. The van der Waals surface area contributed by atoms with Gasteiger partial charge in [-0.15, -0.1) is 24.8 Å². The number of fused-ring (bicyclic) bond motifs is 1. The van der Waals surface area contributed by atoms with Gasteiger partial charge < -0.3 is 19.3 Å². The number of rotatable bonds is 7. The third-order valence-electron chi connectivity index (χ3n) is 4.40. The van der Waals surface area contributed by atoms with Gasteiger partial charge in [0.2, 0.25) is 6.79 Å². The Morgan fingerprint density at radius 1 is 1.04 bits per heavy atom. The summed E-state index contributed by atoms with van der Waals surface area (Å²) in [6.07, 6.45) is -0.244. The van der Waals surface area contributed by atoms with Gasteiger partial charge in [0.1, 0.15) is 0 Å². The fourth-order valence-corrected chi connectivity index (χ4v) is 3.08. The normalized spacial score (nSPS) is 18.3. The van der Waals surface area contributed by atoms with Crippen molar-refractivity contribution in [3.8, 4) is 11.5 Å². The monoisotopic (exact) mass is 408 g/mol. The molecular weight excluding hydrogens is 379 g/mol. The molecule has 1 aromatic carbocycles. The maximum Gasteiger partial charge on any atom is 0.231 e. The quantitative estimate of drug-likeness (QED) is 0.745. The number of β-amino-alcohol motifs (C(OH)–C–C–N with tert-alkyl or cyclic N) is 1. The number of nitrogens with zero attached hydrogens (tertiary/aromatic N) is 2. The average molecular weight is 409 g/mol. The van der Waals surface area contributed by atoms with E-state index in [0.29, 0.717) is 19.9 Å². The number of aliphatic hydroxyl groups is 1. The van der Waals surface area contributed by atoms with Crippen LogP contribution in [-0.4, -0.2) is 73.2 Å². The van der Waals surface area contributed by atoms with Gasteiger partial charge in [-0.2, -0.15) is 0 Å². The lowest BCUT2D eigenvalue weighted by molar-refractivity contribution is -0.0148. The molecule has 8 heteroatoms. The van der Waals surface area contributed by atoms with Crippen LogP contribution >= 0.6 is 24.8 Å². The molecular formula is C18H30Cl2N2O4. The van der Waals surface area contributed by atoms with Crippen LogP contribution in [0.25, 0.3) is 0 Å². The molecule has 1 saturated heterocycles. The van der Waals surface area contributed by atoms with Crippen LogP contribution in [0, 0.1) is 0 Å². The van der Waals surface area contributed by atoms with Gasteiger partial charge in [0, 0.05) is 39.3 Å². The minimum atomic E-state index is -0.409. The van der Waals surface area contributed by atoms with Crippen molar-refractivity contribution in [2.24, 2.45) is 0 Å². The van der Waals surface area contributed by atoms with Crippen molar-refractivity contribution in [1.82, 2.24) is 9.80 Å². The third-order valence-corrected chi connectivity index (χ3v) is 4.40. The molecule has 6 nitrogen and oxygen atoms in total. The zero-order valence-electron chi connectivity index (χ0n) is 15.4. The Bertz CT molecular complexity index is 540. The Kier molecular flexibility index (Phi) is 10.00. The topological polar surface area (TPSA) is 54.4 Å². The fraction of sp³-hybridized carbons (Fsp3) is 0.667. The van der Waals surface area contributed by atoms with Gasteiger partial charge in [0.05, 0.1) is 18.8 Å². The summed E-state index contributed by atoms with van der Waals surface area (Å²) in [4.78, 5) is 4.75. The number of aliphatic hydroxyl groups excluding tert-OH is 1. The summed E-state index contributed by atoms with van der Waals surface area (Å²) in [6, 6.07) is 6.16. The minimum absolute atomic E-state index is 0. The Labute approximate surface area is 168 Å². The molecule has 1 N–H and O–H groups in total. The first kappa shape index (κ1) is 23.3. The van der Waals surface area contributed by atoms with E-state index in [2.05, 4.69) is 21.9 Å². The molecule has 0 radical (unpaired) electrons. The fourth-order valence-electron chi connectivity index (χ4n) is 3.08. The Balaban J connectivity index is 0.00000169. The van der Waals surface area contributed by atoms with Crippen molar-refractivity contribution in [1.29, 1.82) is 0 Å². The number of ether oxygens (including phenoxy) is 3. The van der Waals surface area contributed by atoms with E-state index in [1.165, 1.54) is 5.56 Å². The molecule has 0 aromatic heterocycles. The first-order chi connectivity index (χ1) is 11.6. The first-order valence-corrected chi connectivity index (χ1v) is 8.73. The second-order valence-electron chi connectivity index (χ2n) is 6.80. The standard InChI is InChI=1S/C18H28N2O4.2ClH/c1-14(2)22-12-16(21)11-20-7-5-19(6-8-20)10-15-3-4-17-18(9-15)24-13-23-17;;/h3-4,9,14,16,21H,5-8,10-13H2,1-2H3;2*1H. The molecule has 1 aromatic rings. The molecule has 0 spiro atoms. The van der Waals surface area contributed by atoms with Gasteiger partial charge in [-0.25, -0.2) is 0 Å². The zero-order chi connectivity index (χ0) is 16.9. The number of piperazine rings is 1. The SMILES string of the molecule is CC(C)OCC(O)CN1CCN(Cc2ccc3c(c2)OCO3)CC1.Cl.Cl. The largest absolute Gasteiger partial charge is 0.454 e. The Hall–Kier alpha value is -0.760. The van der Waals surface area contributed by atoms with Gasteiger partial charge in [0.15, 0.2) is 11.5 Å². The predicted molar refractivity (Wildman–Crippen MR) is 106 cm³/mol. The molecule has 0 amide bonds. The third kappa shape index (κ3) is 6.76. The number of hydrogen-bond donors (Lipinski definition) is 1. The predicted octanol–water partition coefficient (Wildman–Crippen LogP) is 2.16. The van der Waals surface area contributed by atoms with Crippen LogP contribution < -0.4 is 9.47 Å². The zero-order valence-corrected chi connectivity index (χ0v) is 17.1. The molecule has 1 atom stereocenters. The van der Waals surface area contributed by atoms with Crippen molar-refractivity contribution in [3.05, 3.63) is 23.8 Å². The van der Waals surface area contributed by atoms with Gasteiger partial charge in [-0.3, -0.25) is 9.80 Å². The summed E-state index contributed by atoms with van der Waals surface area (Å²) in [6.45, 7) is 10.3. The molecule has 150 valence electrons. The van der Waals surface area contributed by atoms with E-state index in [-0.39, 0.29) is 30.9 Å². The molecule has 1 unspecified atom stereocenters. The molecule has 26 heavy (non-hydrogen) atoms. The lowest BCUT2D eigenvalue weighted by Crippen LogP contribution is -2.48. The highest BCUT2D eigenvalue weighted by atomic mass is 35.5. The second kappa shape index (κ2) is 11.2. The smallest absolute Gasteiger partial charge is 0.231 e. The van der Waals surface area contributed by atoms with E-state index in [1.54, 1.807) is 0 Å². The molecule has 2 aliphatic rings. The minimum Gasteiger partial charge on any atom is -0.454 e. The highest BCUT2D eigenvalue weighted by molar-refractivity contribution is 5.85. The van der Waals surface area contributed by atoms with Gasteiger partial charge in [-0.1, -0.05) is 6.07 Å². The van der Waals surface area contributed by atoms with Crippen molar-refractivity contribution in [2.75, 3.05) is 46.1 Å². The summed E-state index contributed by atoms with van der Waals surface area (Å²) < 4.78 is 16.3. The van der Waals surface area contributed by atoms with Crippen LogP contribution in [0.2, 0.25) is 0 Å². The van der Waals surface area contributed by atoms with E-state index < -0.39 is 6.10 Å². The van der Waals surface area contributed by atoms with Crippen molar-refractivity contribution < 1.29 is 19.3 Å². The van der Waals surface area contributed by atoms with Crippen LogP contribution in [0.5, 0.6) is 11.5 Å². The Morgan fingerprint density at radius 2 is 1.69 bits per heavy atom. The van der Waals surface area contributed by atoms with E-state index in [4.69, 9.17) is 14.2 Å². The van der Waals surface area contributed by atoms with Crippen molar-refractivity contribution >= 4 is 24.8 Å². The number of hydrogen-bond acceptors (Lipinski definition) is 6. The highest BCUT2D eigenvalue weighted by Gasteiger charge is 2.20. The van der Waals surface area contributed by atoms with E-state index in [1.807, 2.05) is 19.9 Å². The van der Waals surface area contributed by atoms with Gasteiger partial charge in [0.25, 0.3) is 0 Å². The Morgan fingerprint density at radius 3 is 2.38 bits per heavy atom. The molecule has 0 aliphatic carbocycles. The van der Waals surface area contributed by atoms with E-state index in [9.17, 15) is 5.11 Å². The molecule has 2 aliphatic heterocycles. The molecule has 3 rings (SSSR count). The molecule has 0 bridgehead atoms. The van der Waals surface area contributed by atoms with Crippen LogP contribution in [0.4, 0.5) is 0 Å². The average Bonchev–Trinajstić information content (AvgIpc) is 3.02. The maximum atomic E-state index is 10.0. The maximum absolute atomic E-state index is 10.0. The summed E-state index contributed by atoms with van der Waals surface area (Å²) in [7, 11) is 0. The van der Waals surface area contributed by atoms with Gasteiger partial charge >= 0.3 is 0 Å². The first-order valence-electron chi connectivity index (χ1n) is 8.73. The van der Waals surface area contributed by atoms with Crippen LogP contribution in [0.1, 0.15) is 19.4 Å². The van der Waals surface area contributed by atoms with E-state index in [0.717, 1.165) is 44.2 Å². The van der Waals surface area contributed by atoms with Crippen LogP contribution in [0.15, 0.2) is 18.2 Å². The van der Waals surface area contributed by atoms with Crippen LogP contribution in [0.3, 0.4) is 0 Å². The lowest BCUT2D eigenvalue weighted by Gasteiger charge is -2.35. The molecule has 0 saturated carbocycles. The van der Waals surface area contributed by atoms with Crippen LogP contribution in [-0.2, 0) is 11.3 Å². The summed E-state index contributed by atoms with van der Waals surface area (Å²) in [5.41, 5.74) is 1.25. The van der Waals surface area contributed by atoms with Crippen molar-refractivity contribution in [3.63, 3.8) is 0 Å². The molecule has 1 fully saturated rings. The number of benzene rings is 1. The van der Waals surface area contributed by atoms with Crippen molar-refractivity contribution in [2.45, 2.75) is 32.6 Å². The summed E-state index contributed by atoms with van der Waals surface area (Å²) in [5, 5.41) is 10.0. The summed E-state index contributed by atoms with van der Waals surface area (Å²) >= 11 is 0.